The highest BCUT2D eigenvalue weighted by molar-refractivity contribution is 5.66. The second kappa shape index (κ2) is 3.51. The van der Waals surface area contributed by atoms with Gasteiger partial charge in [0.1, 0.15) is 5.69 Å². The smallest absolute Gasteiger partial charge is 0.399 e. The van der Waals surface area contributed by atoms with Gasteiger partial charge in [0.25, 0.3) is 0 Å². The fourth-order valence-corrected chi connectivity index (χ4v) is 1.35. The van der Waals surface area contributed by atoms with Crippen LogP contribution in [0, 0.1) is 0 Å². The van der Waals surface area contributed by atoms with Crippen LogP contribution in [0.15, 0.2) is 24.4 Å². The molecule has 0 fully saturated rings. The van der Waals surface area contributed by atoms with Crippen LogP contribution in [0.3, 0.4) is 0 Å². The molecule has 0 aliphatic heterocycles. The molecule has 1 aromatic heterocycles. The predicted molar refractivity (Wildman–Crippen MR) is 51.2 cm³/mol. The molecule has 0 aliphatic carbocycles. The van der Waals surface area contributed by atoms with Crippen LogP contribution in [-0.2, 0) is 6.18 Å². The van der Waals surface area contributed by atoms with Crippen molar-refractivity contribution in [2.75, 3.05) is 5.73 Å². The highest BCUT2D eigenvalue weighted by atomic mass is 19.4. The summed E-state index contributed by atoms with van der Waals surface area (Å²) in [4.78, 5) is 0. The highest BCUT2D eigenvalue weighted by Crippen LogP contribution is 2.37. The number of nitrogens with one attached hydrogen (secondary N) is 1. The second-order valence-electron chi connectivity index (χ2n) is 3.16. The Labute approximate surface area is 88.3 Å². The standard InChI is InChI=1S/C9H7F3N4/c10-9(11,12)7-3-5(13)1-2-6(7)8-4-14-16-15-8/h1-4H,13H2,(H,14,15,16). The van der Waals surface area contributed by atoms with Crippen LogP contribution in [0.5, 0.6) is 0 Å². The van der Waals surface area contributed by atoms with Gasteiger partial charge in [0.2, 0.25) is 0 Å². The van der Waals surface area contributed by atoms with Crippen LogP contribution in [0.4, 0.5) is 18.9 Å². The van der Waals surface area contributed by atoms with Gasteiger partial charge in [0, 0.05) is 11.3 Å². The third-order valence-corrected chi connectivity index (χ3v) is 2.04. The Morgan fingerprint density at radius 3 is 2.56 bits per heavy atom. The molecule has 2 aromatic rings. The largest absolute Gasteiger partial charge is 0.417 e. The van der Waals surface area contributed by atoms with Gasteiger partial charge >= 0.3 is 6.18 Å². The molecule has 0 spiro atoms. The third kappa shape index (κ3) is 1.83. The first-order valence-electron chi connectivity index (χ1n) is 4.31. The van der Waals surface area contributed by atoms with E-state index in [1.807, 2.05) is 0 Å². The Morgan fingerprint density at radius 1 is 1.25 bits per heavy atom. The first kappa shape index (κ1) is 10.5. The lowest BCUT2D eigenvalue weighted by Gasteiger charge is -2.11. The summed E-state index contributed by atoms with van der Waals surface area (Å²) in [6.07, 6.45) is -3.25. The maximum atomic E-state index is 12.7. The lowest BCUT2D eigenvalue weighted by atomic mass is 10.0. The highest BCUT2D eigenvalue weighted by Gasteiger charge is 2.34. The quantitative estimate of drug-likeness (QED) is 0.734. The summed E-state index contributed by atoms with van der Waals surface area (Å²) in [5, 5.41) is 9.35. The first-order chi connectivity index (χ1) is 7.48. The van der Waals surface area contributed by atoms with E-state index in [1.54, 1.807) is 0 Å². The Balaban J connectivity index is 2.62. The molecule has 0 amide bonds. The number of hydrogen-bond donors (Lipinski definition) is 2. The number of aromatic amines is 1. The summed E-state index contributed by atoms with van der Waals surface area (Å²) in [6, 6.07) is 3.54. The maximum absolute atomic E-state index is 12.7. The molecular weight excluding hydrogens is 221 g/mol. The molecule has 7 heteroatoms. The van der Waals surface area contributed by atoms with Crippen LogP contribution < -0.4 is 5.73 Å². The summed E-state index contributed by atoms with van der Waals surface area (Å²) in [6.45, 7) is 0. The topological polar surface area (TPSA) is 67.6 Å². The van der Waals surface area contributed by atoms with Crippen LogP contribution in [0.25, 0.3) is 11.3 Å². The van der Waals surface area contributed by atoms with Crippen molar-refractivity contribution in [1.82, 2.24) is 15.4 Å². The Hall–Kier alpha value is -2.05. The van der Waals surface area contributed by atoms with E-state index in [4.69, 9.17) is 5.73 Å². The van der Waals surface area contributed by atoms with Crippen molar-refractivity contribution in [1.29, 1.82) is 0 Å². The average Bonchev–Trinajstić information content (AvgIpc) is 2.69. The second-order valence-corrected chi connectivity index (χ2v) is 3.16. The van der Waals surface area contributed by atoms with E-state index < -0.39 is 11.7 Å². The van der Waals surface area contributed by atoms with E-state index >= 15 is 0 Å². The fraction of sp³-hybridized carbons (Fsp3) is 0.111. The lowest BCUT2D eigenvalue weighted by molar-refractivity contribution is -0.137. The minimum atomic E-state index is -4.47. The lowest BCUT2D eigenvalue weighted by Crippen LogP contribution is -2.08. The molecule has 3 N–H and O–H groups in total. The molecule has 0 saturated carbocycles. The van der Waals surface area contributed by atoms with E-state index in [1.165, 1.54) is 18.3 Å². The molecule has 0 unspecified atom stereocenters. The molecule has 2 rings (SSSR count). The van der Waals surface area contributed by atoms with Crippen LogP contribution in [0.2, 0.25) is 0 Å². The van der Waals surface area contributed by atoms with Crippen LogP contribution >= 0.6 is 0 Å². The van der Waals surface area contributed by atoms with Crippen molar-refractivity contribution in [3.63, 3.8) is 0 Å². The van der Waals surface area contributed by atoms with Gasteiger partial charge in [0.15, 0.2) is 0 Å². The molecular formula is C9H7F3N4. The number of H-pyrrole nitrogens is 1. The van der Waals surface area contributed by atoms with Gasteiger partial charge in [-0.15, -0.1) is 0 Å². The number of alkyl halides is 3. The Kier molecular flexibility index (Phi) is 2.30. The van der Waals surface area contributed by atoms with Gasteiger partial charge in [-0.05, 0) is 12.1 Å². The first-order valence-corrected chi connectivity index (χ1v) is 4.31. The number of nitrogen functional groups attached to an aromatic ring is 1. The minimum absolute atomic E-state index is 0.0459. The monoisotopic (exact) mass is 228 g/mol. The van der Waals surface area contributed by atoms with Gasteiger partial charge in [0.05, 0.1) is 11.8 Å². The minimum Gasteiger partial charge on any atom is -0.399 e. The van der Waals surface area contributed by atoms with Crippen molar-refractivity contribution in [2.24, 2.45) is 0 Å². The molecule has 4 nitrogen and oxygen atoms in total. The number of aromatic nitrogens is 3. The van der Waals surface area contributed by atoms with E-state index in [0.29, 0.717) is 0 Å². The van der Waals surface area contributed by atoms with Crippen molar-refractivity contribution in [2.45, 2.75) is 6.18 Å². The number of hydrogen-bond acceptors (Lipinski definition) is 3. The van der Waals surface area contributed by atoms with Gasteiger partial charge in [-0.2, -0.15) is 28.6 Å². The number of halogens is 3. The van der Waals surface area contributed by atoms with Gasteiger partial charge < -0.3 is 5.73 Å². The summed E-state index contributed by atoms with van der Waals surface area (Å²) in [5.74, 6) is 0. The molecule has 0 atom stereocenters. The van der Waals surface area contributed by atoms with E-state index in [0.717, 1.165) is 6.07 Å². The summed E-state index contributed by atoms with van der Waals surface area (Å²) in [7, 11) is 0. The van der Waals surface area contributed by atoms with Crippen LogP contribution in [0.1, 0.15) is 5.56 Å². The zero-order chi connectivity index (χ0) is 11.8. The van der Waals surface area contributed by atoms with Crippen molar-refractivity contribution in [3.8, 4) is 11.3 Å². The Bertz CT molecular complexity index is 490. The number of anilines is 1. The molecule has 0 radical (unpaired) electrons. The van der Waals surface area contributed by atoms with Crippen molar-refractivity contribution >= 4 is 5.69 Å². The molecule has 1 heterocycles. The number of nitrogens with two attached hydrogens (primary N) is 1. The molecule has 84 valence electrons. The third-order valence-electron chi connectivity index (χ3n) is 2.04. The SMILES string of the molecule is Nc1ccc(-c2cn[nH]n2)c(C(F)(F)F)c1. The number of nitrogens with zero attached hydrogens (tertiary/aromatic N) is 2. The van der Waals surface area contributed by atoms with Gasteiger partial charge in [-0.1, -0.05) is 6.07 Å². The van der Waals surface area contributed by atoms with E-state index in [2.05, 4.69) is 15.4 Å². The maximum Gasteiger partial charge on any atom is 0.417 e. The summed E-state index contributed by atoms with van der Waals surface area (Å²) in [5.41, 5.74) is 4.66. The Morgan fingerprint density at radius 2 is 2.00 bits per heavy atom. The number of benzene rings is 1. The van der Waals surface area contributed by atoms with Crippen molar-refractivity contribution < 1.29 is 13.2 Å². The van der Waals surface area contributed by atoms with Gasteiger partial charge in [-0.25, -0.2) is 0 Å². The summed E-state index contributed by atoms with van der Waals surface area (Å²) < 4.78 is 38.1. The summed E-state index contributed by atoms with van der Waals surface area (Å²) >= 11 is 0. The average molecular weight is 228 g/mol. The fourth-order valence-electron chi connectivity index (χ4n) is 1.35. The van der Waals surface area contributed by atoms with Crippen molar-refractivity contribution in [3.05, 3.63) is 30.0 Å². The zero-order valence-corrected chi connectivity index (χ0v) is 7.92. The van der Waals surface area contributed by atoms with E-state index in [9.17, 15) is 13.2 Å². The molecule has 1 aromatic carbocycles. The van der Waals surface area contributed by atoms with E-state index in [-0.39, 0.29) is 16.9 Å². The zero-order valence-electron chi connectivity index (χ0n) is 7.92. The molecule has 0 saturated heterocycles. The van der Waals surface area contributed by atoms with Crippen LogP contribution in [-0.4, -0.2) is 15.4 Å². The molecule has 0 bridgehead atoms. The number of rotatable bonds is 1. The molecule has 0 aliphatic rings. The molecule has 16 heavy (non-hydrogen) atoms. The van der Waals surface area contributed by atoms with Gasteiger partial charge in [-0.3, -0.25) is 0 Å². The normalized spacial score (nSPS) is 11.7. The predicted octanol–water partition coefficient (Wildman–Crippen LogP) is 2.07.